The third kappa shape index (κ3) is 10.5. The number of carboxylic acids is 1. The van der Waals surface area contributed by atoms with Gasteiger partial charge < -0.3 is 5.11 Å². The lowest BCUT2D eigenvalue weighted by molar-refractivity contribution is -0.137. The van der Waals surface area contributed by atoms with Gasteiger partial charge in [-0.15, -0.1) is 0 Å². The van der Waals surface area contributed by atoms with E-state index in [0.717, 1.165) is 29.0 Å². The molecule has 1 N–H and O–H groups in total. The zero-order valence-electron chi connectivity index (χ0n) is 14.7. The van der Waals surface area contributed by atoms with Gasteiger partial charge in [-0.25, -0.2) is 0 Å². The Morgan fingerprint density at radius 2 is 1.41 bits per heavy atom. The van der Waals surface area contributed by atoms with E-state index in [9.17, 15) is 4.79 Å². The average molecular weight is 330 g/mol. The smallest absolute Gasteiger partial charge is 0.303 e. The number of hydrogen-bond acceptors (Lipinski definition) is 1. The van der Waals surface area contributed by atoms with Gasteiger partial charge in [0.05, 0.1) is 0 Å². The Morgan fingerprint density at radius 1 is 0.909 bits per heavy atom. The van der Waals surface area contributed by atoms with E-state index in [4.69, 9.17) is 5.11 Å². The molecule has 0 aromatic rings. The van der Waals surface area contributed by atoms with Crippen molar-refractivity contribution < 1.29 is 9.90 Å². The molecule has 0 amide bonds. The number of hydrogen-bond donors (Lipinski definition) is 1. The summed E-state index contributed by atoms with van der Waals surface area (Å²) in [5.41, 5.74) is 0. The van der Waals surface area contributed by atoms with Crippen LogP contribution in [0.15, 0.2) is 0 Å². The van der Waals surface area contributed by atoms with Gasteiger partial charge in [-0.3, -0.25) is 4.79 Å². The van der Waals surface area contributed by atoms with Gasteiger partial charge in [-0.2, -0.15) is 0 Å². The van der Waals surface area contributed by atoms with E-state index < -0.39 is 5.97 Å². The molecule has 0 bridgehead atoms. The fraction of sp³-hybridized carbons (Fsp3) is 0.947. The van der Waals surface area contributed by atoms with Gasteiger partial charge in [0.1, 0.15) is 16.8 Å². The lowest BCUT2D eigenvalue weighted by atomic mass is 10.1. The third-order valence-electron chi connectivity index (χ3n) is 4.88. The summed E-state index contributed by atoms with van der Waals surface area (Å²) in [6.07, 6.45) is 17.7. The lowest BCUT2D eigenvalue weighted by Gasteiger charge is -2.06. The molecule has 0 saturated carbocycles. The lowest BCUT2D eigenvalue weighted by Crippen LogP contribution is -2.16. The van der Waals surface area contributed by atoms with Crippen LogP contribution in [0, 0.1) is 0 Å². The highest BCUT2D eigenvalue weighted by Crippen LogP contribution is 2.23. The Balaban J connectivity index is 1.72. The molecule has 22 heavy (non-hydrogen) atoms. The molecule has 2 atom stereocenters. The van der Waals surface area contributed by atoms with Crippen molar-refractivity contribution in [2.45, 2.75) is 102 Å². The average Bonchev–Trinajstić information content (AvgIpc) is 2.89. The maximum atomic E-state index is 10.4. The first kappa shape index (κ1) is 19.9. The van der Waals surface area contributed by atoms with Crippen molar-refractivity contribution in [2.24, 2.45) is 0 Å². The molecule has 130 valence electrons. The van der Waals surface area contributed by atoms with E-state index in [0.29, 0.717) is 6.42 Å². The van der Waals surface area contributed by atoms with Crippen molar-refractivity contribution in [3.63, 3.8) is 0 Å². The van der Waals surface area contributed by atoms with E-state index >= 15 is 0 Å². The van der Waals surface area contributed by atoms with Gasteiger partial charge in [0.15, 0.2) is 0 Å². The minimum absolute atomic E-state index is 0.347. The second kappa shape index (κ2) is 13.3. The van der Waals surface area contributed by atoms with Crippen LogP contribution in [-0.4, -0.2) is 27.8 Å². The van der Waals surface area contributed by atoms with E-state index in [1.165, 1.54) is 82.1 Å². The highest BCUT2D eigenvalue weighted by atomic mass is 32.2. The van der Waals surface area contributed by atoms with Crippen LogP contribution >= 0.6 is 0 Å². The van der Waals surface area contributed by atoms with Crippen LogP contribution in [0.25, 0.3) is 0 Å². The number of aliphatic carboxylic acids is 1. The molecule has 0 aromatic heterocycles. The predicted molar refractivity (Wildman–Crippen MR) is 98.8 cm³/mol. The summed E-state index contributed by atoms with van der Waals surface area (Å²) in [6, 6.07) is 0. The van der Waals surface area contributed by atoms with Crippen LogP contribution in [0.5, 0.6) is 0 Å². The maximum absolute atomic E-state index is 10.4. The molecule has 1 fully saturated rings. The zero-order valence-corrected chi connectivity index (χ0v) is 15.5. The molecule has 0 aromatic carbocycles. The molecule has 3 heteroatoms. The van der Waals surface area contributed by atoms with Gasteiger partial charge in [0.2, 0.25) is 0 Å². The first-order chi connectivity index (χ1) is 10.7. The standard InChI is InChI=1S/C19H36O2S/c1-18-14-13-17-22(18)16-12-10-8-6-4-2-3-5-7-9-11-15-19(20)21/h18H,2-17H2,1H3/p+1. The molecule has 1 rings (SSSR count). The highest BCUT2D eigenvalue weighted by molar-refractivity contribution is 7.97. The normalized spacial score (nSPS) is 21.3. The zero-order chi connectivity index (χ0) is 16.0. The van der Waals surface area contributed by atoms with E-state index in [2.05, 4.69) is 6.92 Å². The Morgan fingerprint density at radius 3 is 1.86 bits per heavy atom. The number of rotatable bonds is 14. The fourth-order valence-electron chi connectivity index (χ4n) is 3.38. The van der Waals surface area contributed by atoms with Crippen LogP contribution < -0.4 is 0 Å². The Labute approximate surface area is 140 Å². The summed E-state index contributed by atoms with van der Waals surface area (Å²) < 4.78 is 0. The Kier molecular flexibility index (Phi) is 12.0. The summed E-state index contributed by atoms with van der Waals surface area (Å²) in [5.74, 6) is 2.38. The summed E-state index contributed by atoms with van der Waals surface area (Å²) in [4.78, 5) is 10.4. The molecule has 2 unspecified atom stereocenters. The maximum Gasteiger partial charge on any atom is 0.303 e. The van der Waals surface area contributed by atoms with E-state index in [-0.39, 0.29) is 0 Å². The van der Waals surface area contributed by atoms with E-state index in [1.54, 1.807) is 0 Å². The van der Waals surface area contributed by atoms with Crippen LogP contribution in [0.3, 0.4) is 0 Å². The van der Waals surface area contributed by atoms with Crippen molar-refractivity contribution in [1.29, 1.82) is 0 Å². The first-order valence-corrected chi connectivity index (χ1v) is 11.2. The molecule has 0 spiro atoms. The van der Waals surface area contributed by atoms with Crippen LogP contribution in [0.4, 0.5) is 0 Å². The molecular formula is C19H37O2S+. The molecular weight excluding hydrogens is 292 g/mol. The molecule has 2 nitrogen and oxygen atoms in total. The van der Waals surface area contributed by atoms with Gasteiger partial charge >= 0.3 is 5.97 Å². The Bertz CT molecular complexity index is 281. The second-order valence-corrected chi connectivity index (χ2v) is 9.63. The number of carbonyl (C=O) groups is 1. The minimum atomic E-state index is -0.650. The van der Waals surface area contributed by atoms with Gasteiger partial charge in [0.25, 0.3) is 0 Å². The topological polar surface area (TPSA) is 37.3 Å². The SMILES string of the molecule is CC1CCC[S+]1CCCCCCCCCCCCCC(=O)O. The quantitative estimate of drug-likeness (QED) is 0.335. The summed E-state index contributed by atoms with van der Waals surface area (Å²) in [5, 5.41) is 9.57. The van der Waals surface area contributed by atoms with Crippen molar-refractivity contribution in [3.05, 3.63) is 0 Å². The minimum Gasteiger partial charge on any atom is -0.481 e. The van der Waals surface area contributed by atoms with Crippen molar-refractivity contribution >= 4 is 16.9 Å². The third-order valence-corrected chi connectivity index (χ3v) is 7.88. The number of carboxylic acid groups (broad SMARTS) is 1. The number of unbranched alkanes of at least 4 members (excludes halogenated alkanes) is 10. The molecule has 0 radical (unpaired) electrons. The van der Waals surface area contributed by atoms with Crippen molar-refractivity contribution in [1.82, 2.24) is 0 Å². The Hall–Kier alpha value is -0.180. The first-order valence-electron chi connectivity index (χ1n) is 9.58. The van der Waals surface area contributed by atoms with Gasteiger partial charge in [-0.05, 0) is 49.9 Å². The fourth-order valence-corrected chi connectivity index (χ4v) is 6.00. The second-order valence-electron chi connectivity index (χ2n) is 6.93. The molecule has 1 aliphatic rings. The highest BCUT2D eigenvalue weighted by Gasteiger charge is 2.31. The van der Waals surface area contributed by atoms with Crippen molar-refractivity contribution in [2.75, 3.05) is 11.5 Å². The van der Waals surface area contributed by atoms with Crippen molar-refractivity contribution in [3.8, 4) is 0 Å². The molecule has 1 saturated heterocycles. The van der Waals surface area contributed by atoms with Crippen LogP contribution in [-0.2, 0) is 15.7 Å². The van der Waals surface area contributed by atoms with Crippen LogP contribution in [0.1, 0.15) is 96.8 Å². The summed E-state index contributed by atoms with van der Waals surface area (Å²) in [7, 11) is 0.774. The van der Waals surface area contributed by atoms with Gasteiger partial charge in [-0.1, -0.05) is 51.4 Å². The van der Waals surface area contributed by atoms with Gasteiger partial charge in [0, 0.05) is 6.42 Å². The molecule has 1 heterocycles. The summed E-state index contributed by atoms with van der Waals surface area (Å²) in [6.45, 7) is 2.46. The van der Waals surface area contributed by atoms with E-state index in [1.807, 2.05) is 0 Å². The van der Waals surface area contributed by atoms with Crippen LogP contribution in [0.2, 0.25) is 0 Å². The monoisotopic (exact) mass is 329 g/mol. The molecule has 0 aliphatic carbocycles. The predicted octanol–water partition coefficient (Wildman–Crippen LogP) is 5.55. The molecule has 1 aliphatic heterocycles. The largest absolute Gasteiger partial charge is 0.481 e. The summed E-state index contributed by atoms with van der Waals surface area (Å²) >= 11 is 0.